The Kier molecular flexibility index (Phi) is 3.27. The number of hydrogen-bond donors (Lipinski definition) is 1. The fraction of sp³-hybridized carbons (Fsp3) is 0.167. The van der Waals surface area contributed by atoms with Crippen molar-refractivity contribution in [1.82, 2.24) is 4.57 Å². The van der Waals surface area contributed by atoms with E-state index in [0.29, 0.717) is 23.7 Å². The van der Waals surface area contributed by atoms with Crippen molar-refractivity contribution < 1.29 is 4.39 Å². The Balaban J connectivity index is 2.26. The van der Waals surface area contributed by atoms with Crippen LogP contribution in [0.4, 0.5) is 4.39 Å². The first kappa shape index (κ1) is 11.2. The van der Waals surface area contributed by atoms with Gasteiger partial charge in [-0.3, -0.25) is 0 Å². The van der Waals surface area contributed by atoms with Crippen molar-refractivity contribution in [2.45, 2.75) is 13.1 Å². The summed E-state index contributed by atoms with van der Waals surface area (Å²) in [5, 5.41) is 0.447. The molecule has 0 unspecified atom stereocenters. The second-order valence-corrected chi connectivity index (χ2v) is 4.00. The minimum absolute atomic E-state index is 0.282. The van der Waals surface area contributed by atoms with Crippen LogP contribution >= 0.6 is 11.6 Å². The van der Waals surface area contributed by atoms with Crippen LogP contribution < -0.4 is 5.73 Å². The summed E-state index contributed by atoms with van der Waals surface area (Å²) in [5.74, 6) is -0.282. The molecule has 0 fully saturated rings. The SMILES string of the molecule is NCc1ccn(Cc2c(F)cccc2Cl)c1. The van der Waals surface area contributed by atoms with Gasteiger partial charge in [-0.1, -0.05) is 17.7 Å². The molecule has 0 aliphatic rings. The van der Waals surface area contributed by atoms with Gasteiger partial charge < -0.3 is 10.3 Å². The van der Waals surface area contributed by atoms with Crippen molar-refractivity contribution in [2.75, 3.05) is 0 Å². The zero-order valence-corrected chi connectivity index (χ0v) is 9.41. The van der Waals surface area contributed by atoms with Crippen LogP contribution in [0.2, 0.25) is 5.02 Å². The summed E-state index contributed by atoms with van der Waals surface area (Å²) in [7, 11) is 0. The van der Waals surface area contributed by atoms with Crippen molar-refractivity contribution in [3.05, 3.63) is 58.6 Å². The van der Waals surface area contributed by atoms with E-state index in [2.05, 4.69) is 0 Å². The van der Waals surface area contributed by atoms with Crippen LogP contribution in [0.25, 0.3) is 0 Å². The van der Waals surface area contributed by atoms with Crippen molar-refractivity contribution in [3.63, 3.8) is 0 Å². The zero-order chi connectivity index (χ0) is 11.5. The van der Waals surface area contributed by atoms with Crippen molar-refractivity contribution >= 4 is 11.6 Å². The molecular formula is C12H12ClFN2. The summed E-state index contributed by atoms with van der Waals surface area (Å²) in [6.07, 6.45) is 3.76. The van der Waals surface area contributed by atoms with E-state index in [-0.39, 0.29) is 5.82 Å². The molecule has 2 N–H and O–H groups in total. The van der Waals surface area contributed by atoms with Gasteiger partial charge in [-0.2, -0.15) is 0 Å². The highest BCUT2D eigenvalue weighted by molar-refractivity contribution is 6.31. The fourth-order valence-corrected chi connectivity index (χ4v) is 1.80. The first-order valence-electron chi connectivity index (χ1n) is 4.98. The molecule has 0 amide bonds. The van der Waals surface area contributed by atoms with Crippen molar-refractivity contribution in [2.24, 2.45) is 5.73 Å². The maximum atomic E-state index is 13.5. The van der Waals surface area contributed by atoms with E-state index in [4.69, 9.17) is 17.3 Å². The Hall–Kier alpha value is -1.32. The Labute approximate surface area is 98.4 Å². The molecule has 1 aromatic heterocycles. The number of hydrogen-bond acceptors (Lipinski definition) is 1. The lowest BCUT2D eigenvalue weighted by Gasteiger charge is -2.06. The molecule has 2 rings (SSSR count). The number of aromatic nitrogens is 1. The van der Waals surface area contributed by atoms with Crippen LogP contribution in [0, 0.1) is 5.82 Å². The minimum atomic E-state index is -0.282. The second kappa shape index (κ2) is 4.68. The van der Waals surface area contributed by atoms with E-state index < -0.39 is 0 Å². The summed E-state index contributed by atoms with van der Waals surface area (Å²) in [6, 6.07) is 6.61. The monoisotopic (exact) mass is 238 g/mol. The molecule has 4 heteroatoms. The number of nitrogens with zero attached hydrogens (tertiary/aromatic N) is 1. The van der Waals surface area contributed by atoms with Gasteiger partial charge >= 0.3 is 0 Å². The lowest BCUT2D eigenvalue weighted by molar-refractivity contribution is 0.600. The van der Waals surface area contributed by atoms with E-state index in [1.54, 1.807) is 12.1 Å². The number of rotatable bonds is 3. The summed E-state index contributed by atoms with van der Waals surface area (Å²) >= 11 is 5.94. The molecule has 16 heavy (non-hydrogen) atoms. The largest absolute Gasteiger partial charge is 0.349 e. The standard InChI is InChI=1S/C12H12ClFN2/c13-11-2-1-3-12(14)10(11)8-16-5-4-9(6-15)7-16/h1-5,7H,6,8,15H2. The second-order valence-electron chi connectivity index (χ2n) is 3.60. The fourth-order valence-electron chi connectivity index (χ4n) is 1.58. The third-order valence-electron chi connectivity index (χ3n) is 2.45. The lowest BCUT2D eigenvalue weighted by atomic mass is 10.2. The third-order valence-corrected chi connectivity index (χ3v) is 2.80. The highest BCUT2D eigenvalue weighted by Gasteiger charge is 2.07. The van der Waals surface area contributed by atoms with Crippen molar-refractivity contribution in [3.8, 4) is 0 Å². The van der Waals surface area contributed by atoms with E-state index in [9.17, 15) is 4.39 Å². The summed E-state index contributed by atoms with van der Waals surface area (Å²) in [4.78, 5) is 0. The average Bonchev–Trinajstić information content (AvgIpc) is 2.71. The Bertz CT molecular complexity index is 473. The van der Waals surface area contributed by atoms with E-state index in [1.165, 1.54) is 6.07 Å². The Morgan fingerprint density at radius 2 is 2.12 bits per heavy atom. The van der Waals surface area contributed by atoms with Crippen LogP contribution in [0.15, 0.2) is 36.7 Å². The van der Waals surface area contributed by atoms with Crippen LogP contribution in [-0.4, -0.2) is 4.57 Å². The van der Waals surface area contributed by atoms with Gasteiger partial charge in [-0.05, 0) is 23.8 Å². The van der Waals surface area contributed by atoms with Crippen LogP contribution in [0.1, 0.15) is 11.1 Å². The molecule has 84 valence electrons. The zero-order valence-electron chi connectivity index (χ0n) is 8.66. The van der Waals surface area contributed by atoms with Crippen LogP contribution in [0.3, 0.4) is 0 Å². The topological polar surface area (TPSA) is 30.9 Å². The average molecular weight is 239 g/mol. The van der Waals surface area contributed by atoms with Gasteiger partial charge in [-0.25, -0.2) is 4.39 Å². The van der Waals surface area contributed by atoms with Gasteiger partial charge in [0.1, 0.15) is 5.82 Å². The van der Waals surface area contributed by atoms with Gasteiger partial charge in [0, 0.05) is 29.5 Å². The lowest BCUT2D eigenvalue weighted by Crippen LogP contribution is -2.01. The maximum absolute atomic E-state index is 13.5. The molecule has 2 nitrogen and oxygen atoms in total. The number of halogens is 2. The van der Waals surface area contributed by atoms with Crippen LogP contribution in [0.5, 0.6) is 0 Å². The van der Waals surface area contributed by atoms with Gasteiger partial charge in [0.15, 0.2) is 0 Å². The molecule has 0 aliphatic carbocycles. The van der Waals surface area contributed by atoms with Gasteiger partial charge in [-0.15, -0.1) is 0 Å². The predicted molar refractivity (Wildman–Crippen MR) is 62.8 cm³/mol. The quantitative estimate of drug-likeness (QED) is 0.876. The molecular weight excluding hydrogens is 227 g/mol. The molecule has 0 bridgehead atoms. The minimum Gasteiger partial charge on any atom is -0.349 e. The molecule has 0 saturated heterocycles. The Morgan fingerprint density at radius 3 is 2.75 bits per heavy atom. The maximum Gasteiger partial charge on any atom is 0.129 e. The summed E-state index contributed by atoms with van der Waals surface area (Å²) in [5.41, 5.74) is 7.03. The molecule has 1 heterocycles. The highest BCUT2D eigenvalue weighted by Crippen LogP contribution is 2.20. The molecule has 1 aromatic carbocycles. The summed E-state index contributed by atoms with van der Waals surface area (Å²) in [6.45, 7) is 0.906. The van der Waals surface area contributed by atoms with Gasteiger partial charge in [0.2, 0.25) is 0 Å². The van der Waals surface area contributed by atoms with Gasteiger partial charge in [0.05, 0.1) is 6.54 Å². The predicted octanol–water partition coefficient (Wildman–Crippen LogP) is 2.79. The van der Waals surface area contributed by atoms with Gasteiger partial charge in [0.25, 0.3) is 0 Å². The Morgan fingerprint density at radius 1 is 1.31 bits per heavy atom. The molecule has 0 atom stereocenters. The molecule has 0 radical (unpaired) electrons. The number of nitrogens with two attached hydrogens (primary N) is 1. The normalized spacial score (nSPS) is 10.7. The van der Waals surface area contributed by atoms with E-state index >= 15 is 0 Å². The van der Waals surface area contributed by atoms with Crippen molar-refractivity contribution in [1.29, 1.82) is 0 Å². The first-order valence-corrected chi connectivity index (χ1v) is 5.36. The summed E-state index contributed by atoms with van der Waals surface area (Å²) < 4.78 is 15.4. The van der Waals surface area contributed by atoms with E-state index in [1.807, 2.05) is 23.0 Å². The van der Waals surface area contributed by atoms with E-state index in [0.717, 1.165) is 5.56 Å². The van der Waals surface area contributed by atoms with Crippen LogP contribution in [-0.2, 0) is 13.1 Å². The molecule has 0 spiro atoms. The molecule has 0 aliphatic heterocycles. The number of benzene rings is 1. The molecule has 0 saturated carbocycles. The first-order chi connectivity index (χ1) is 7.70. The highest BCUT2D eigenvalue weighted by atomic mass is 35.5. The molecule has 2 aromatic rings. The smallest absolute Gasteiger partial charge is 0.129 e. The third kappa shape index (κ3) is 2.26.